The fourth-order valence-electron chi connectivity index (χ4n) is 4.85. The molecule has 2 aliphatic rings. The summed E-state index contributed by atoms with van der Waals surface area (Å²) in [4.78, 5) is 32.0. The van der Waals surface area contributed by atoms with Crippen LogP contribution in [0.25, 0.3) is 10.9 Å². The summed E-state index contributed by atoms with van der Waals surface area (Å²) >= 11 is 0. The van der Waals surface area contributed by atoms with Crippen molar-refractivity contribution in [3.05, 3.63) is 42.0 Å². The number of nitrogens with zero attached hydrogens (tertiary/aromatic N) is 6. The minimum Gasteiger partial charge on any atom is -0.491 e. The number of rotatable bonds is 7. The molecule has 5 rings (SSSR count). The van der Waals surface area contributed by atoms with E-state index in [1.54, 1.807) is 7.11 Å². The van der Waals surface area contributed by atoms with Gasteiger partial charge in [0.05, 0.1) is 31.5 Å². The molecular formula is C25H31N7O4. The minimum atomic E-state index is -0.456. The number of morpholine rings is 1. The summed E-state index contributed by atoms with van der Waals surface area (Å²) in [5, 5.41) is 4.26. The first kappa shape index (κ1) is 24.1. The Morgan fingerprint density at radius 3 is 2.75 bits per heavy atom. The topological polar surface area (TPSA) is 116 Å². The van der Waals surface area contributed by atoms with Crippen LogP contribution in [0.15, 0.2) is 35.8 Å². The molecule has 1 amide bonds. The number of amides is 1. The molecule has 2 atom stereocenters. The minimum absolute atomic E-state index is 0.246. The summed E-state index contributed by atoms with van der Waals surface area (Å²) in [6.07, 6.45) is 5.62. The summed E-state index contributed by atoms with van der Waals surface area (Å²) in [6, 6.07) is 3.87. The van der Waals surface area contributed by atoms with Crippen LogP contribution >= 0.6 is 0 Å². The maximum atomic E-state index is 12.7. The Hall–Kier alpha value is -3.57. The van der Waals surface area contributed by atoms with Crippen molar-refractivity contribution in [2.24, 2.45) is 4.99 Å². The molecule has 0 bridgehead atoms. The molecule has 1 aromatic carbocycles. The average molecular weight is 494 g/mol. The zero-order valence-corrected chi connectivity index (χ0v) is 20.8. The average Bonchev–Trinajstić information content (AvgIpc) is 3.37. The molecule has 1 N–H and O–H groups in total. The SMILES string of the molecule is COc1c(OCCCN2C[C@@H](C)O[C@@H](C)C2)ccc2c3n(c(=NC(=O)c4cncnc4)nc12)CCN3. The zero-order valence-electron chi connectivity index (χ0n) is 20.8. The quantitative estimate of drug-likeness (QED) is 0.493. The Morgan fingerprint density at radius 1 is 1.22 bits per heavy atom. The van der Waals surface area contributed by atoms with Gasteiger partial charge in [-0.25, -0.2) is 15.0 Å². The van der Waals surface area contributed by atoms with E-state index in [4.69, 9.17) is 19.2 Å². The Balaban J connectivity index is 1.40. The monoisotopic (exact) mass is 493 g/mol. The number of ether oxygens (including phenoxy) is 3. The molecule has 36 heavy (non-hydrogen) atoms. The fraction of sp³-hybridized carbons (Fsp3) is 0.480. The maximum absolute atomic E-state index is 12.7. The van der Waals surface area contributed by atoms with Gasteiger partial charge in [-0.1, -0.05) is 0 Å². The Bertz CT molecular complexity index is 1300. The molecular weight excluding hydrogens is 462 g/mol. The number of carbonyl (C=O) groups is 1. The molecule has 2 aliphatic heterocycles. The van der Waals surface area contributed by atoms with Crippen molar-refractivity contribution in [1.29, 1.82) is 0 Å². The molecule has 3 aromatic rings. The smallest absolute Gasteiger partial charge is 0.283 e. The molecule has 11 nitrogen and oxygen atoms in total. The predicted octanol–water partition coefficient (Wildman–Crippen LogP) is 1.88. The van der Waals surface area contributed by atoms with Gasteiger partial charge in [-0.05, 0) is 32.4 Å². The molecule has 0 aliphatic carbocycles. The van der Waals surface area contributed by atoms with Gasteiger partial charge in [0.2, 0.25) is 5.62 Å². The third kappa shape index (κ3) is 5.02. The molecule has 4 heterocycles. The second-order valence-corrected chi connectivity index (χ2v) is 9.09. The molecule has 1 saturated heterocycles. The van der Waals surface area contributed by atoms with Crippen LogP contribution in [-0.2, 0) is 11.3 Å². The second kappa shape index (κ2) is 10.6. The van der Waals surface area contributed by atoms with Gasteiger partial charge < -0.3 is 19.5 Å². The summed E-state index contributed by atoms with van der Waals surface area (Å²) < 4.78 is 19.6. The van der Waals surface area contributed by atoms with E-state index in [0.717, 1.165) is 37.3 Å². The van der Waals surface area contributed by atoms with Crippen molar-refractivity contribution in [3.63, 3.8) is 0 Å². The first-order chi connectivity index (χ1) is 17.5. The van der Waals surface area contributed by atoms with Crippen molar-refractivity contribution in [2.45, 2.75) is 39.0 Å². The van der Waals surface area contributed by atoms with Crippen LogP contribution in [0.5, 0.6) is 11.5 Å². The van der Waals surface area contributed by atoms with E-state index in [2.05, 4.69) is 39.0 Å². The number of methoxy groups -OCH3 is 1. The van der Waals surface area contributed by atoms with Crippen LogP contribution < -0.4 is 20.4 Å². The molecule has 0 saturated carbocycles. The highest BCUT2D eigenvalue weighted by atomic mass is 16.5. The summed E-state index contributed by atoms with van der Waals surface area (Å²) in [5.74, 6) is 1.52. The first-order valence-electron chi connectivity index (χ1n) is 12.2. The van der Waals surface area contributed by atoms with Crippen LogP contribution in [0.1, 0.15) is 30.6 Å². The van der Waals surface area contributed by atoms with Crippen LogP contribution in [0.2, 0.25) is 0 Å². The number of hydrogen-bond acceptors (Lipinski definition) is 9. The molecule has 2 aromatic heterocycles. The van der Waals surface area contributed by atoms with Gasteiger partial charge in [0, 0.05) is 50.5 Å². The van der Waals surface area contributed by atoms with Crippen LogP contribution in [-0.4, -0.2) is 82.4 Å². The first-order valence-corrected chi connectivity index (χ1v) is 12.2. The lowest BCUT2D eigenvalue weighted by molar-refractivity contribution is -0.0686. The molecule has 190 valence electrons. The van der Waals surface area contributed by atoms with E-state index in [-0.39, 0.29) is 12.2 Å². The Kier molecular flexibility index (Phi) is 7.10. The van der Waals surface area contributed by atoms with Gasteiger partial charge in [0.25, 0.3) is 5.91 Å². The highest BCUT2D eigenvalue weighted by Gasteiger charge is 2.23. The Labute approximate surface area is 209 Å². The van der Waals surface area contributed by atoms with Crippen LogP contribution in [0.4, 0.5) is 5.82 Å². The molecule has 0 unspecified atom stereocenters. The van der Waals surface area contributed by atoms with E-state index < -0.39 is 5.91 Å². The summed E-state index contributed by atoms with van der Waals surface area (Å²) in [5.41, 5.74) is 1.18. The lowest BCUT2D eigenvalue weighted by Gasteiger charge is -2.35. The second-order valence-electron chi connectivity index (χ2n) is 9.09. The van der Waals surface area contributed by atoms with E-state index in [9.17, 15) is 4.79 Å². The van der Waals surface area contributed by atoms with Gasteiger partial charge in [0.1, 0.15) is 17.7 Å². The lowest BCUT2D eigenvalue weighted by Crippen LogP contribution is -2.45. The van der Waals surface area contributed by atoms with Crippen molar-refractivity contribution >= 4 is 22.6 Å². The number of nitrogens with one attached hydrogen (secondary N) is 1. The van der Waals surface area contributed by atoms with Crippen molar-refractivity contribution in [1.82, 2.24) is 24.4 Å². The van der Waals surface area contributed by atoms with E-state index in [1.165, 1.54) is 18.7 Å². The molecule has 0 spiro atoms. The van der Waals surface area contributed by atoms with E-state index in [0.29, 0.717) is 47.9 Å². The molecule has 11 heteroatoms. The lowest BCUT2D eigenvalue weighted by atomic mass is 10.2. The third-order valence-corrected chi connectivity index (χ3v) is 6.29. The van der Waals surface area contributed by atoms with E-state index >= 15 is 0 Å². The number of fused-ring (bicyclic) bond motifs is 3. The van der Waals surface area contributed by atoms with Crippen LogP contribution in [0, 0.1) is 0 Å². The van der Waals surface area contributed by atoms with Gasteiger partial charge >= 0.3 is 0 Å². The van der Waals surface area contributed by atoms with E-state index in [1.807, 2.05) is 16.7 Å². The molecule has 0 radical (unpaired) electrons. The number of benzene rings is 1. The number of hydrogen-bond donors (Lipinski definition) is 1. The van der Waals surface area contributed by atoms with Crippen molar-refractivity contribution in [2.75, 3.05) is 45.2 Å². The zero-order chi connectivity index (χ0) is 25.1. The van der Waals surface area contributed by atoms with Crippen molar-refractivity contribution in [3.8, 4) is 11.5 Å². The number of aromatic nitrogens is 4. The third-order valence-electron chi connectivity index (χ3n) is 6.29. The number of carbonyl (C=O) groups excluding carboxylic acids is 1. The van der Waals surface area contributed by atoms with Gasteiger partial charge in [-0.15, -0.1) is 0 Å². The highest BCUT2D eigenvalue weighted by molar-refractivity contribution is 5.96. The van der Waals surface area contributed by atoms with Gasteiger partial charge in [-0.2, -0.15) is 4.99 Å². The van der Waals surface area contributed by atoms with Crippen LogP contribution in [0.3, 0.4) is 0 Å². The van der Waals surface area contributed by atoms with Crippen molar-refractivity contribution < 1.29 is 19.0 Å². The summed E-state index contributed by atoms with van der Waals surface area (Å²) in [7, 11) is 1.59. The highest BCUT2D eigenvalue weighted by Crippen LogP contribution is 2.37. The van der Waals surface area contributed by atoms with Gasteiger partial charge in [0.15, 0.2) is 11.5 Å². The normalized spacial score (nSPS) is 20.2. The van der Waals surface area contributed by atoms with Gasteiger partial charge in [-0.3, -0.25) is 14.3 Å². The predicted molar refractivity (Wildman–Crippen MR) is 133 cm³/mol. The Morgan fingerprint density at radius 2 is 2.00 bits per heavy atom. The number of anilines is 1. The summed E-state index contributed by atoms with van der Waals surface area (Å²) in [6.45, 7) is 8.93. The molecule has 1 fully saturated rings. The largest absolute Gasteiger partial charge is 0.491 e. The fourth-order valence-corrected chi connectivity index (χ4v) is 4.85. The maximum Gasteiger partial charge on any atom is 0.283 e. The standard InChI is InChI=1S/C25H31N7O4/c1-16-13-31(14-17(2)36-16)8-4-10-35-20-6-5-19-21(22(20)34-3)29-25(32-9-7-28-23(19)32)30-24(33)18-11-26-15-27-12-18/h5-6,11-12,15-17,28H,4,7-10,13-14H2,1-3H3/t16-,17+.